The van der Waals surface area contributed by atoms with Crippen molar-refractivity contribution in [2.75, 3.05) is 26.8 Å². The summed E-state index contributed by atoms with van der Waals surface area (Å²) in [6.45, 7) is 3.81. The molecule has 0 fully saturated rings. The molecular formula is C10H18N2O2. The van der Waals surface area contributed by atoms with Crippen LogP contribution in [0.3, 0.4) is 0 Å². The molecule has 0 unspecified atom stereocenters. The van der Waals surface area contributed by atoms with E-state index in [1.165, 1.54) is 5.57 Å². The first kappa shape index (κ1) is 11.2. The summed E-state index contributed by atoms with van der Waals surface area (Å²) in [5.74, 6) is 0.0257. The number of rotatable bonds is 3. The van der Waals surface area contributed by atoms with Crippen LogP contribution in [0.15, 0.2) is 11.6 Å². The Labute approximate surface area is 84.7 Å². The Morgan fingerprint density at radius 1 is 1.79 bits per heavy atom. The van der Waals surface area contributed by atoms with E-state index < -0.39 is 6.04 Å². The summed E-state index contributed by atoms with van der Waals surface area (Å²) in [5, 5.41) is 0. The van der Waals surface area contributed by atoms with Crippen LogP contribution in [0.4, 0.5) is 0 Å². The molecule has 0 aromatic rings. The topological polar surface area (TPSA) is 55.6 Å². The number of nitrogens with two attached hydrogens (primary N) is 1. The number of hydrogen-bond donors (Lipinski definition) is 1. The van der Waals surface area contributed by atoms with Gasteiger partial charge in [-0.1, -0.05) is 6.08 Å². The molecule has 1 atom stereocenters. The molecule has 4 heteroatoms. The fourth-order valence-electron chi connectivity index (χ4n) is 1.52. The lowest BCUT2D eigenvalue weighted by molar-refractivity contribution is -0.131. The quantitative estimate of drug-likeness (QED) is 0.656. The first-order chi connectivity index (χ1) is 6.65. The van der Waals surface area contributed by atoms with Crippen LogP contribution in [0.1, 0.15) is 13.3 Å². The molecule has 0 aromatic heterocycles. The van der Waals surface area contributed by atoms with E-state index >= 15 is 0 Å². The van der Waals surface area contributed by atoms with Gasteiger partial charge in [0.1, 0.15) is 0 Å². The van der Waals surface area contributed by atoms with Crippen LogP contribution in [-0.2, 0) is 9.53 Å². The summed E-state index contributed by atoms with van der Waals surface area (Å²) in [7, 11) is 1.68. The molecule has 0 aromatic carbocycles. The van der Waals surface area contributed by atoms with Gasteiger partial charge in [0.2, 0.25) is 5.91 Å². The van der Waals surface area contributed by atoms with Crippen LogP contribution < -0.4 is 5.73 Å². The second-order valence-electron chi connectivity index (χ2n) is 3.62. The number of ether oxygens (including phenoxy) is 1. The summed E-state index contributed by atoms with van der Waals surface area (Å²) in [5.41, 5.74) is 6.79. The van der Waals surface area contributed by atoms with Gasteiger partial charge in [-0.25, -0.2) is 0 Å². The molecule has 1 amide bonds. The second-order valence-corrected chi connectivity index (χ2v) is 3.62. The van der Waals surface area contributed by atoms with Crippen molar-refractivity contribution < 1.29 is 9.53 Å². The van der Waals surface area contributed by atoms with Crippen molar-refractivity contribution in [3.8, 4) is 0 Å². The van der Waals surface area contributed by atoms with Crippen molar-refractivity contribution in [2.45, 2.75) is 19.4 Å². The normalized spacial score (nSPS) is 19.1. The Morgan fingerprint density at radius 2 is 2.50 bits per heavy atom. The van der Waals surface area contributed by atoms with E-state index in [1.54, 1.807) is 18.9 Å². The highest BCUT2D eigenvalue weighted by Crippen LogP contribution is 2.11. The van der Waals surface area contributed by atoms with Crippen LogP contribution in [0.25, 0.3) is 0 Å². The van der Waals surface area contributed by atoms with Crippen LogP contribution in [0, 0.1) is 0 Å². The molecule has 14 heavy (non-hydrogen) atoms. The Balaban J connectivity index is 2.46. The summed E-state index contributed by atoms with van der Waals surface area (Å²) >= 11 is 0. The van der Waals surface area contributed by atoms with E-state index in [9.17, 15) is 4.79 Å². The van der Waals surface area contributed by atoms with Gasteiger partial charge < -0.3 is 15.4 Å². The highest BCUT2D eigenvalue weighted by Gasteiger charge is 2.19. The van der Waals surface area contributed by atoms with Crippen molar-refractivity contribution in [2.24, 2.45) is 5.73 Å². The SMILES string of the molecule is COCC1=CCN(C(=O)[C@H](C)N)CC1. The summed E-state index contributed by atoms with van der Waals surface area (Å²) in [4.78, 5) is 13.3. The van der Waals surface area contributed by atoms with Gasteiger partial charge in [0.05, 0.1) is 12.6 Å². The Kier molecular flexibility index (Phi) is 4.10. The van der Waals surface area contributed by atoms with E-state index in [0.717, 1.165) is 13.0 Å². The largest absolute Gasteiger partial charge is 0.380 e. The average molecular weight is 198 g/mol. The van der Waals surface area contributed by atoms with Crippen molar-refractivity contribution >= 4 is 5.91 Å². The third-order valence-corrected chi connectivity index (χ3v) is 2.33. The molecule has 0 radical (unpaired) electrons. The molecule has 0 aliphatic carbocycles. The van der Waals surface area contributed by atoms with Gasteiger partial charge in [-0.15, -0.1) is 0 Å². The van der Waals surface area contributed by atoms with Gasteiger partial charge in [0.25, 0.3) is 0 Å². The molecule has 0 spiro atoms. The Hall–Kier alpha value is -0.870. The minimum atomic E-state index is -0.396. The van der Waals surface area contributed by atoms with E-state index in [0.29, 0.717) is 13.2 Å². The summed E-state index contributed by atoms with van der Waals surface area (Å²) in [6, 6.07) is -0.396. The molecule has 2 N–H and O–H groups in total. The number of hydrogen-bond acceptors (Lipinski definition) is 3. The number of methoxy groups -OCH3 is 1. The zero-order chi connectivity index (χ0) is 10.6. The van der Waals surface area contributed by atoms with Gasteiger partial charge >= 0.3 is 0 Å². The van der Waals surface area contributed by atoms with Crippen LogP contribution in [0.2, 0.25) is 0 Å². The number of carbonyl (C=O) groups excluding carboxylic acids is 1. The maximum Gasteiger partial charge on any atom is 0.239 e. The zero-order valence-electron chi connectivity index (χ0n) is 8.82. The van der Waals surface area contributed by atoms with Crippen molar-refractivity contribution in [3.63, 3.8) is 0 Å². The van der Waals surface area contributed by atoms with Gasteiger partial charge in [-0.3, -0.25) is 4.79 Å². The highest BCUT2D eigenvalue weighted by molar-refractivity contribution is 5.81. The Bertz CT molecular complexity index is 236. The summed E-state index contributed by atoms with van der Waals surface area (Å²) < 4.78 is 5.03. The molecule has 80 valence electrons. The average Bonchev–Trinajstić information content (AvgIpc) is 2.18. The van der Waals surface area contributed by atoms with E-state index in [4.69, 9.17) is 10.5 Å². The van der Waals surface area contributed by atoms with Gasteiger partial charge in [0, 0.05) is 20.2 Å². The Morgan fingerprint density at radius 3 is 2.93 bits per heavy atom. The minimum Gasteiger partial charge on any atom is -0.380 e. The van der Waals surface area contributed by atoms with Crippen molar-refractivity contribution in [1.82, 2.24) is 4.90 Å². The standard InChI is InChI=1S/C10H18N2O2/c1-8(11)10(13)12-5-3-9(4-6-12)7-14-2/h3,8H,4-7,11H2,1-2H3/t8-/m0/s1. The lowest BCUT2D eigenvalue weighted by atomic mass is 10.1. The van der Waals surface area contributed by atoms with Gasteiger partial charge in [-0.2, -0.15) is 0 Å². The van der Waals surface area contributed by atoms with Crippen LogP contribution >= 0.6 is 0 Å². The molecule has 1 heterocycles. The lowest BCUT2D eigenvalue weighted by Crippen LogP contribution is -2.44. The molecule has 0 saturated carbocycles. The maximum atomic E-state index is 11.5. The first-order valence-electron chi connectivity index (χ1n) is 4.86. The van der Waals surface area contributed by atoms with E-state index in [1.807, 2.05) is 6.08 Å². The third kappa shape index (κ3) is 2.82. The number of amides is 1. The first-order valence-corrected chi connectivity index (χ1v) is 4.86. The lowest BCUT2D eigenvalue weighted by Gasteiger charge is -2.27. The third-order valence-electron chi connectivity index (χ3n) is 2.33. The molecule has 0 saturated heterocycles. The van der Waals surface area contributed by atoms with Gasteiger partial charge in [-0.05, 0) is 18.9 Å². The predicted octanol–water partition coefficient (Wildman–Crippen LogP) is 0.139. The van der Waals surface area contributed by atoms with E-state index in [2.05, 4.69) is 0 Å². The fraction of sp³-hybridized carbons (Fsp3) is 0.700. The van der Waals surface area contributed by atoms with E-state index in [-0.39, 0.29) is 5.91 Å². The fourth-order valence-corrected chi connectivity index (χ4v) is 1.52. The van der Waals surface area contributed by atoms with Crippen molar-refractivity contribution in [1.29, 1.82) is 0 Å². The molecule has 0 bridgehead atoms. The number of carbonyl (C=O) groups is 1. The molecule has 1 aliphatic heterocycles. The van der Waals surface area contributed by atoms with Gasteiger partial charge in [0.15, 0.2) is 0 Å². The smallest absolute Gasteiger partial charge is 0.239 e. The molecule has 1 rings (SSSR count). The molecule has 4 nitrogen and oxygen atoms in total. The monoisotopic (exact) mass is 198 g/mol. The minimum absolute atomic E-state index is 0.0257. The zero-order valence-corrected chi connectivity index (χ0v) is 8.82. The van der Waals surface area contributed by atoms with Crippen LogP contribution in [0.5, 0.6) is 0 Å². The summed E-state index contributed by atoms with van der Waals surface area (Å²) in [6.07, 6.45) is 2.94. The number of nitrogens with zero attached hydrogens (tertiary/aromatic N) is 1. The maximum absolute atomic E-state index is 11.5. The van der Waals surface area contributed by atoms with Crippen molar-refractivity contribution in [3.05, 3.63) is 11.6 Å². The molecular weight excluding hydrogens is 180 g/mol. The predicted molar refractivity (Wildman–Crippen MR) is 54.8 cm³/mol. The van der Waals surface area contributed by atoms with Crippen LogP contribution in [-0.4, -0.2) is 43.7 Å². The molecule has 1 aliphatic rings. The highest BCUT2D eigenvalue weighted by atomic mass is 16.5. The second kappa shape index (κ2) is 5.12.